The Balaban J connectivity index is 2.56. The molecule has 42 valence electrons. The van der Waals surface area contributed by atoms with Crippen molar-refractivity contribution in [2.45, 2.75) is 0 Å². The zero-order valence-electron chi connectivity index (χ0n) is 3.66. The molecule has 0 radical (unpaired) electrons. The third-order valence-electron chi connectivity index (χ3n) is 0.311. The minimum atomic E-state index is -0.423. The molecular weight excluding hydrogens is 100 g/mol. The van der Waals surface area contributed by atoms with Gasteiger partial charge < -0.3 is 14.6 Å². The van der Waals surface area contributed by atoms with E-state index in [1.807, 2.05) is 0 Å². The van der Waals surface area contributed by atoms with Crippen LogP contribution in [0.5, 0.6) is 0 Å². The lowest BCUT2D eigenvalue weighted by atomic mass is 11.3. The zero-order chi connectivity index (χ0) is 5.54. The number of carbonyl (C=O) groups excluding carboxylic acids is 1. The van der Waals surface area contributed by atoms with Gasteiger partial charge >= 0.3 is 0 Å². The Morgan fingerprint density at radius 2 is 2.43 bits per heavy atom. The number of ether oxygens (including phenoxy) is 2. The van der Waals surface area contributed by atoms with Crippen LogP contribution in [0.1, 0.15) is 0 Å². The minimum Gasteiger partial charge on any atom is -0.441 e. The third-order valence-corrected chi connectivity index (χ3v) is 0.311. The SMILES string of the molecule is O=COCOCO. The second-order valence-electron chi connectivity index (χ2n) is 0.714. The fourth-order valence-corrected chi connectivity index (χ4v) is 0.113. The van der Waals surface area contributed by atoms with Crippen LogP contribution in [0.2, 0.25) is 0 Å². The van der Waals surface area contributed by atoms with Crippen LogP contribution in [0.3, 0.4) is 0 Å². The summed E-state index contributed by atoms with van der Waals surface area (Å²) in [6.07, 6.45) is 0. The van der Waals surface area contributed by atoms with Crippen LogP contribution >= 0.6 is 0 Å². The highest BCUT2D eigenvalue weighted by atomic mass is 16.7. The van der Waals surface area contributed by atoms with Gasteiger partial charge in [0.2, 0.25) is 0 Å². The van der Waals surface area contributed by atoms with Crippen LogP contribution in [0, 0.1) is 0 Å². The lowest BCUT2D eigenvalue weighted by Crippen LogP contribution is -1.98. The number of aliphatic hydroxyl groups excluding tert-OH is 1. The monoisotopic (exact) mass is 106 g/mol. The van der Waals surface area contributed by atoms with E-state index in [1.54, 1.807) is 0 Å². The quantitative estimate of drug-likeness (QED) is 0.286. The summed E-state index contributed by atoms with van der Waals surface area (Å²) in [4.78, 5) is 9.30. The van der Waals surface area contributed by atoms with Gasteiger partial charge in [-0.15, -0.1) is 0 Å². The van der Waals surface area contributed by atoms with Crippen LogP contribution in [0.4, 0.5) is 0 Å². The second-order valence-corrected chi connectivity index (χ2v) is 0.714. The average Bonchev–Trinajstić information content (AvgIpc) is 1.69. The Bertz CT molecular complexity index is 44.2. The Labute approximate surface area is 40.7 Å². The van der Waals surface area contributed by atoms with E-state index in [-0.39, 0.29) is 13.3 Å². The van der Waals surface area contributed by atoms with Gasteiger partial charge in [-0.2, -0.15) is 0 Å². The van der Waals surface area contributed by atoms with Crippen molar-refractivity contribution >= 4 is 6.47 Å². The molecule has 0 saturated carbocycles. The molecule has 0 amide bonds. The van der Waals surface area contributed by atoms with E-state index < -0.39 is 6.79 Å². The Morgan fingerprint density at radius 3 is 2.86 bits per heavy atom. The van der Waals surface area contributed by atoms with Gasteiger partial charge in [-0.3, -0.25) is 4.79 Å². The fraction of sp³-hybridized carbons (Fsp3) is 0.667. The summed E-state index contributed by atoms with van der Waals surface area (Å²) < 4.78 is 8.19. The number of hydrogen-bond acceptors (Lipinski definition) is 4. The van der Waals surface area contributed by atoms with Gasteiger partial charge in [0, 0.05) is 0 Å². The van der Waals surface area contributed by atoms with Crippen LogP contribution in [-0.4, -0.2) is 25.2 Å². The summed E-state index contributed by atoms with van der Waals surface area (Å²) in [5.41, 5.74) is 0. The van der Waals surface area contributed by atoms with Gasteiger partial charge in [0.05, 0.1) is 0 Å². The van der Waals surface area contributed by atoms with E-state index in [0.717, 1.165) is 0 Å². The Hall–Kier alpha value is -0.610. The molecule has 0 bridgehead atoms. The van der Waals surface area contributed by atoms with Crippen molar-refractivity contribution in [3.63, 3.8) is 0 Å². The van der Waals surface area contributed by atoms with Crippen molar-refractivity contribution in [2.24, 2.45) is 0 Å². The van der Waals surface area contributed by atoms with Crippen molar-refractivity contribution in [1.29, 1.82) is 0 Å². The first-order chi connectivity index (χ1) is 3.41. The molecule has 1 N–H and O–H groups in total. The van der Waals surface area contributed by atoms with E-state index in [0.29, 0.717) is 0 Å². The zero-order valence-corrected chi connectivity index (χ0v) is 3.66. The van der Waals surface area contributed by atoms with Gasteiger partial charge in [-0.25, -0.2) is 0 Å². The molecular formula is C3H6O4. The first kappa shape index (κ1) is 6.39. The van der Waals surface area contributed by atoms with Gasteiger partial charge in [-0.05, 0) is 0 Å². The molecule has 4 heteroatoms. The number of hydrogen-bond donors (Lipinski definition) is 1. The maximum Gasteiger partial charge on any atom is 0.295 e. The summed E-state index contributed by atoms with van der Waals surface area (Å²) in [5, 5.41) is 7.87. The van der Waals surface area contributed by atoms with Gasteiger partial charge in [0.1, 0.15) is 6.79 Å². The van der Waals surface area contributed by atoms with Crippen LogP contribution in [-0.2, 0) is 14.3 Å². The summed E-state index contributed by atoms with van der Waals surface area (Å²) in [6.45, 7) is -0.358. The molecule has 0 aliphatic heterocycles. The highest BCUT2D eigenvalue weighted by Crippen LogP contribution is 1.67. The number of rotatable bonds is 4. The van der Waals surface area contributed by atoms with Crippen molar-refractivity contribution < 1.29 is 19.4 Å². The lowest BCUT2D eigenvalue weighted by Gasteiger charge is -1.93. The summed E-state index contributed by atoms with van der Waals surface area (Å²) >= 11 is 0. The molecule has 0 atom stereocenters. The predicted octanol–water partition coefficient (Wildman–Crippen LogP) is -0.917. The van der Waals surface area contributed by atoms with E-state index in [9.17, 15) is 4.79 Å². The molecule has 0 aromatic carbocycles. The maximum absolute atomic E-state index is 9.30. The van der Waals surface area contributed by atoms with E-state index in [4.69, 9.17) is 5.11 Å². The molecule has 0 aromatic rings. The molecule has 0 aliphatic carbocycles. The maximum atomic E-state index is 9.30. The van der Waals surface area contributed by atoms with Gasteiger partial charge in [0.15, 0.2) is 6.79 Å². The van der Waals surface area contributed by atoms with Crippen molar-refractivity contribution in [3.8, 4) is 0 Å². The lowest BCUT2D eigenvalue weighted by molar-refractivity contribution is -0.148. The Kier molecular flexibility index (Phi) is 4.92. The number of aliphatic hydroxyl groups is 1. The molecule has 7 heavy (non-hydrogen) atoms. The normalized spacial score (nSPS) is 8.14. The molecule has 0 heterocycles. The fourth-order valence-electron chi connectivity index (χ4n) is 0.113. The predicted molar refractivity (Wildman–Crippen MR) is 20.2 cm³/mol. The molecule has 0 aliphatic rings. The highest BCUT2D eigenvalue weighted by molar-refractivity contribution is 5.36. The molecule has 0 aromatic heterocycles. The average molecular weight is 106 g/mol. The van der Waals surface area contributed by atoms with E-state index in [2.05, 4.69) is 9.47 Å². The van der Waals surface area contributed by atoms with Crippen LogP contribution < -0.4 is 0 Å². The molecule has 0 rings (SSSR count). The van der Waals surface area contributed by atoms with Crippen molar-refractivity contribution in [1.82, 2.24) is 0 Å². The van der Waals surface area contributed by atoms with Crippen LogP contribution in [0.25, 0.3) is 0 Å². The van der Waals surface area contributed by atoms with Crippen molar-refractivity contribution in [2.75, 3.05) is 13.6 Å². The molecule has 4 nitrogen and oxygen atoms in total. The third kappa shape index (κ3) is 5.39. The van der Waals surface area contributed by atoms with Crippen molar-refractivity contribution in [3.05, 3.63) is 0 Å². The van der Waals surface area contributed by atoms with Crippen LogP contribution in [0.15, 0.2) is 0 Å². The largest absolute Gasteiger partial charge is 0.441 e. The summed E-state index contributed by atoms with van der Waals surface area (Å²) in [6, 6.07) is 0. The van der Waals surface area contributed by atoms with Gasteiger partial charge in [0.25, 0.3) is 6.47 Å². The summed E-state index contributed by atoms with van der Waals surface area (Å²) in [7, 11) is 0. The highest BCUT2D eigenvalue weighted by Gasteiger charge is 1.76. The first-order valence-electron chi connectivity index (χ1n) is 1.65. The Morgan fingerprint density at radius 1 is 1.71 bits per heavy atom. The smallest absolute Gasteiger partial charge is 0.295 e. The summed E-state index contributed by atoms with van der Waals surface area (Å²) in [5.74, 6) is 0. The molecule has 0 fully saturated rings. The van der Waals surface area contributed by atoms with E-state index >= 15 is 0 Å². The second kappa shape index (κ2) is 5.39. The van der Waals surface area contributed by atoms with Gasteiger partial charge in [-0.1, -0.05) is 0 Å². The molecule has 0 saturated heterocycles. The molecule has 0 spiro atoms. The number of carbonyl (C=O) groups is 1. The minimum absolute atomic E-state index is 0.181. The topological polar surface area (TPSA) is 55.8 Å². The standard InChI is InChI=1S/C3H6O4/c4-1-6-3-7-2-5/h1,5H,2-3H2. The molecule has 0 unspecified atom stereocenters. The first-order valence-corrected chi connectivity index (χ1v) is 1.65. The van der Waals surface area contributed by atoms with E-state index in [1.165, 1.54) is 0 Å².